The number of pyridine rings is 2. The van der Waals surface area contributed by atoms with E-state index in [0.29, 0.717) is 0 Å². The molecule has 0 aliphatic carbocycles. The summed E-state index contributed by atoms with van der Waals surface area (Å²) in [7, 11) is 0. The quantitative estimate of drug-likeness (QED) is 0.627. The number of rotatable bonds is 4. The van der Waals surface area contributed by atoms with Gasteiger partial charge in [0.05, 0.1) is 0 Å². The molecule has 3 rings (SSSR count). The molecule has 0 radical (unpaired) electrons. The second-order valence-electron chi connectivity index (χ2n) is 5.79. The van der Waals surface area contributed by atoms with Crippen molar-refractivity contribution in [3.63, 3.8) is 0 Å². The molecule has 0 saturated heterocycles. The average molecular weight is 312 g/mol. The number of aromatic nitrogens is 2. The van der Waals surface area contributed by atoms with Gasteiger partial charge in [-0.25, -0.2) is 0 Å². The Morgan fingerprint density at radius 1 is 0.583 bits per heavy atom. The molecule has 24 heavy (non-hydrogen) atoms. The Morgan fingerprint density at radius 2 is 0.917 bits per heavy atom. The topological polar surface area (TPSA) is 25.8 Å². The van der Waals surface area contributed by atoms with Gasteiger partial charge in [0.2, 0.25) is 0 Å². The highest BCUT2D eigenvalue weighted by Gasteiger charge is 1.98. The lowest BCUT2D eigenvalue weighted by molar-refractivity contribution is 1.31. The monoisotopic (exact) mass is 312 g/mol. The SMILES string of the molecule is C/C(=C/c1ccc(/C=C(/C)c2ccncc2)cc1)c1ccncc1. The van der Waals surface area contributed by atoms with Crippen LogP contribution in [0, 0.1) is 0 Å². The van der Waals surface area contributed by atoms with Crippen LogP contribution in [-0.4, -0.2) is 9.97 Å². The number of hydrogen-bond donors (Lipinski definition) is 0. The molecule has 0 unspecified atom stereocenters. The predicted molar refractivity (Wildman–Crippen MR) is 102 cm³/mol. The molecule has 0 saturated carbocycles. The van der Waals surface area contributed by atoms with Crippen LogP contribution in [0.1, 0.15) is 36.1 Å². The molecule has 0 fully saturated rings. The summed E-state index contributed by atoms with van der Waals surface area (Å²) >= 11 is 0. The summed E-state index contributed by atoms with van der Waals surface area (Å²) in [6, 6.07) is 16.7. The first kappa shape index (κ1) is 15.9. The van der Waals surface area contributed by atoms with Crippen molar-refractivity contribution in [2.24, 2.45) is 0 Å². The van der Waals surface area contributed by atoms with Crippen molar-refractivity contribution in [3.8, 4) is 0 Å². The van der Waals surface area contributed by atoms with E-state index in [9.17, 15) is 0 Å². The molecule has 3 aromatic rings. The van der Waals surface area contributed by atoms with Crippen molar-refractivity contribution in [3.05, 3.63) is 95.6 Å². The van der Waals surface area contributed by atoms with Gasteiger partial charge in [-0.1, -0.05) is 36.4 Å². The van der Waals surface area contributed by atoms with Crippen LogP contribution < -0.4 is 0 Å². The molecule has 0 aliphatic heterocycles. The molecule has 0 aliphatic rings. The molecule has 0 spiro atoms. The highest BCUT2D eigenvalue weighted by atomic mass is 14.6. The maximum atomic E-state index is 4.06. The van der Waals surface area contributed by atoms with Gasteiger partial charge in [-0.3, -0.25) is 9.97 Å². The Morgan fingerprint density at radius 3 is 1.25 bits per heavy atom. The van der Waals surface area contributed by atoms with Gasteiger partial charge < -0.3 is 0 Å². The molecule has 2 aromatic heterocycles. The van der Waals surface area contributed by atoms with Gasteiger partial charge in [0, 0.05) is 24.8 Å². The molecule has 2 heteroatoms. The van der Waals surface area contributed by atoms with Crippen molar-refractivity contribution >= 4 is 23.3 Å². The lowest BCUT2D eigenvalue weighted by Gasteiger charge is -2.03. The predicted octanol–water partition coefficient (Wildman–Crippen LogP) is 5.60. The van der Waals surface area contributed by atoms with Crippen molar-refractivity contribution in [1.82, 2.24) is 9.97 Å². The van der Waals surface area contributed by atoms with Crippen LogP contribution in [0.25, 0.3) is 23.3 Å². The van der Waals surface area contributed by atoms with E-state index in [-0.39, 0.29) is 0 Å². The molecule has 2 nitrogen and oxygen atoms in total. The van der Waals surface area contributed by atoms with Crippen LogP contribution in [0.2, 0.25) is 0 Å². The largest absolute Gasteiger partial charge is 0.265 e. The van der Waals surface area contributed by atoms with Gasteiger partial charge in [-0.15, -0.1) is 0 Å². The van der Waals surface area contributed by atoms with E-state index in [0.717, 1.165) is 0 Å². The Kier molecular flexibility index (Phi) is 4.97. The molecule has 1 aromatic carbocycles. The van der Waals surface area contributed by atoms with Crippen LogP contribution in [0.3, 0.4) is 0 Å². The molecule has 0 amide bonds. The second kappa shape index (κ2) is 7.51. The molecule has 2 heterocycles. The average Bonchev–Trinajstić information content (AvgIpc) is 2.65. The van der Waals surface area contributed by atoms with Gasteiger partial charge in [0.1, 0.15) is 0 Å². The Labute approximate surface area is 143 Å². The normalized spacial score (nSPS) is 12.2. The maximum absolute atomic E-state index is 4.06. The lowest BCUT2D eigenvalue weighted by Crippen LogP contribution is -1.82. The summed E-state index contributed by atoms with van der Waals surface area (Å²) in [6.45, 7) is 4.24. The fourth-order valence-electron chi connectivity index (χ4n) is 2.58. The zero-order valence-corrected chi connectivity index (χ0v) is 14.0. The number of allylic oxidation sites excluding steroid dienone is 2. The lowest BCUT2D eigenvalue weighted by atomic mass is 10.0. The number of benzene rings is 1. The van der Waals surface area contributed by atoms with E-state index in [1.165, 1.54) is 33.4 Å². The molecule has 0 bridgehead atoms. The molecule has 0 atom stereocenters. The van der Waals surface area contributed by atoms with Crippen LogP contribution >= 0.6 is 0 Å². The Bertz CT molecular complexity index is 771. The van der Waals surface area contributed by atoms with Gasteiger partial charge in [-0.05, 0) is 71.5 Å². The highest BCUT2D eigenvalue weighted by molar-refractivity contribution is 5.82. The van der Waals surface area contributed by atoms with E-state index in [2.05, 4.69) is 60.2 Å². The van der Waals surface area contributed by atoms with E-state index < -0.39 is 0 Å². The van der Waals surface area contributed by atoms with E-state index in [4.69, 9.17) is 0 Å². The maximum Gasteiger partial charge on any atom is 0.0273 e. The smallest absolute Gasteiger partial charge is 0.0273 e. The van der Waals surface area contributed by atoms with E-state index in [1.54, 1.807) is 0 Å². The molecule has 118 valence electrons. The third kappa shape index (κ3) is 4.05. The van der Waals surface area contributed by atoms with E-state index in [1.807, 2.05) is 49.1 Å². The number of hydrogen-bond acceptors (Lipinski definition) is 2. The minimum atomic E-state index is 1.20. The second-order valence-corrected chi connectivity index (χ2v) is 5.79. The van der Waals surface area contributed by atoms with Crippen molar-refractivity contribution < 1.29 is 0 Å². The van der Waals surface area contributed by atoms with Crippen LogP contribution in [0.5, 0.6) is 0 Å². The first-order chi connectivity index (χ1) is 11.7. The number of nitrogens with zero attached hydrogens (tertiary/aromatic N) is 2. The van der Waals surface area contributed by atoms with Gasteiger partial charge in [0.15, 0.2) is 0 Å². The van der Waals surface area contributed by atoms with Gasteiger partial charge in [-0.2, -0.15) is 0 Å². The minimum Gasteiger partial charge on any atom is -0.265 e. The first-order valence-electron chi connectivity index (χ1n) is 8.00. The molecular formula is C22H20N2. The van der Waals surface area contributed by atoms with Crippen LogP contribution in [0.15, 0.2) is 73.3 Å². The minimum absolute atomic E-state index is 1.20. The summed E-state index contributed by atoms with van der Waals surface area (Å²) in [4.78, 5) is 8.12. The summed E-state index contributed by atoms with van der Waals surface area (Å²) < 4.78 is 0. The van der Waals surface area contributed by atoms with Crippen molar-refractivity contribution in [1.29, 1.82) is 0 Å². The molecule has 0 N–H and O–H groups in total. The third-order valence-corrected chi connectivity index (χ3v) is 3.97. The summed E-state index contributed by atoms with van der Waals surface area (Å²) in [6.07, 6.45) is 11.7. The fraction of sp³-hybridized carbons (Fsp3) is 0.0909. The fourth-order valence-corrected chi connectivity index (χ4v) is 2.58. The van der Waals surface area contributed by atoms with E-state index >= 15 is 0 Å². The Balaban J connectivity index is 1.79. The van der Waals surface area contributed by atoms with Crippen molar-refractivity contribution in [2.45, 2.75) is 13.8 Å². The highest BCUT2D eigenvalue weighted by Crippen LogP contribution is 2.20. The first-order valence-corrected chi connectivity index (χ1v) is 8.00. The summed E-state index contributed by atoms with van der Waals surface area (Å²) in [5.41, 5.74) is 7.25. The van der Waals surface area contributed by atoms with Crippen molar-refractivity contribution in [2.75, 3.05) is 0 Å². The summed E-state index contributed by atoms with van der Waals surface area (Å²) in [5, 5.41) is 0. The Hall–Kier alpha value is -3.00. The third-order valence-electron chi connectivity index (χ3n) is 3.97. The van der Waals surface area contributed by atoms with Crippen LogP contribution in [0.4, 0.5) is 0 Å². The standard InChI is InChI=1S/C22H20N2/c1-17(21-7-11-23-12-8-21)15-19-3-5-20(6-4-19)16-18(2)22-9-13-24-14-10-22/h3-16H,1-2H3/b17-15-,18-16-. The zero-order valence-electron chi connectivity index (χ0n) is 14.0. The summed E-state index contributed by atoms with van der Waals surface area (Å²) in [5.74, 6) is 0. The van der Waals surface area contributed by atoms with Crippen LogP contribution in [-0.2, 0) is 0 Å². The van der Waals surface area contributed by atoms with Gasteiger partial charge >= 0.3 is 0 Å². The zero-order chi connectivity index (χ0) is 16.8. The molecular weight excluding hydrogens is 292 g/mol. The van der Waals surface area contributed by atoms with Gasteiger partial charge in [0.25, 0.3) is 0 Å².